The number of hydrogen-bond donors (Lipinski definition) is 2. The Morgan fingerprint density at radius 2 is 1.91 bits per heavy atom. The Morgan fingerprint density at radius 1 is 1.18 bits per heavy atom. The van der Waals surface area contributed by atoms with Gasteiger partial charge in [0.2, 0.25) is 5.91 Å². The summed E-state index contributed by atoms with van der Waals surface area (Å²) in [4.78, 5) is 25.3. The number of aromatic carboxylic acids is 1. The number of aliphatic hydroxyl groups is 1. The monoisotopic (exact) mass is 451 g/mol. The molecule has 174 valence electrons. The van der Waals surface area contributed by atoms with Gasteiger partial charge < -0.3 is 15.1 Å². The van der Waals surface area contributed by atoms with E-state index in [-0.39, 0.29) is 23.3 Å². The number of amides is 1. The van der Waals surface area contributed by atoms with Gasteiger partial charge in [-0.2, -0.15) is 0 Å². The van der Waals surface area contributed by atoms with Crippen LogP contribution in [0.25, 0.3) is 0 Å². The molecular formula is C27H30FNO4. The SMILES string of the molecule is O=C(O)c1ccc(CCN2C(=O)CC[C@@H]2C=CC(O)C2(c3cccc(F)c3)CCCC2)cc1. The third-order valence-corrected chi connectivity index (χ3v) is 7.19. The average Bonchev–Trinajstić information content (AvgIpc) is 3.44. The van der Waals surface area contributed by atoms with E-state index in [4.69, 9.17) is 5.11 Å². The maximum atomic E-state index is 13.9. The van der Waals surface area contributed by atoms with E-state index >= 15 is 0 Å². The number of carboxylic acid groups (broad SMARTS) is 1. The van der Waals surface area contributed by atoms with Crippen molar-refractivity contribution in [3.63, 3.8) is 0 Å². The molecule has 6 heteroatoms. The topological polar surface area (TPSA) is 77.8 Å². The molecule has 1 aliphatic heterocycles. The van der Waals surface area contributed by atoms with Gasteiger partial charge in [-0.25, -0.2) is 9.18 Å². The van der Waals surface area contributed by atoms with Crippen molar-refractivity contribution < 1.29 is 24.2 Å². The maximum absolute atomic E-state index is 13.9. The number of rotatable bonds is 8. The van der Waals surface area contributed by atoms with Crippen LogP contribution in [-0.2, 0) is 16.6 Å². The third kappa shape index (κ3) is 5.01. The lowest BCUT2D eigenvalue weighted by molar-refractivity contribution is -0.128. The molecule has 1 amide bonds. The van der Waals surface area contributed by atoms with Crippen LogP contribution in [0.2, 0.25) is 0 Å². The molecule has 2 N–H and O–H groups in total. The van der Waals surface area contributed by atoms with E-state index in [0.717, 1.165) is 36.8 Å². The molecule has 1 saturated carbocycles. The fourth-order valence-corrected chi connectivity index (χ4v) is 5.29. The van der Waals surface area contributed by atoms with Crippen LogP contribution in [0.3, 0.4) is 0 Å². The molecule has 0 spiro atoms. The molecule has 2 aliphatic rings. The van der Waals surface area contributed by atoms with Crippen LogP contribution in [0.5, 0.6) is 0 Å². The van der Waals surface area contributed by atoms with Gasteiger partial charge in [0, 0.05) is 18.4 Å². The first-order valence-electron chi connectivity index (χ1n) is 11.6. The van der Waals surface area contributed by atoms with Crippen LogP contribution in [0, 0.1) is 5.82 Å². The number of carbonyl (C=O) groups excluding carboxylic acids is 1. The van der Waals surface area contributed by atoms with Crippen molar-refractivity contribution in [2.45, 2.75) is 62.5 Å². The Morgan fingerprint density at radius 3 is 2.58 bits per heavy atom. The summed E-state index contributed by atoms with van der Waals surface area (Å²) in [6, 6.07) is 13.2. The van der Waals surface area contributed by atoms with Crippen LogP contribution < -0.4 is 0 Å². The van der Waals surface area contributed by atoms with Gasteiger partial charge in [0.25, 0.3) is 0 Å². The van der Waals surface area contributed by atoms with E-state index < -0.39 is 17.5 Å². The van der Waals surface area contributed by atoms with E-state index in [0.29, 0.717) is 25.8 Å². The Kier molecular flexibility index (Phi) is 6.94. The van der Waals surface area contributed by atoms with Crippen molar-refractivity contribution in [1.29, 1.82) is 0 Å². The van der Waals surface area contributed by atoms with Crippen LogP contribution in [0.15, 0.2) is 60.7 Å². The minimum Gasteiger partial charge on any atom is -0.478 e. The zero-order valence-corrected chi connectivity index (χ0v) is 18.6. The summed E-state index contributed by atoms with van der Waals surface area (Å²) in [5, 5.41) is 20.2. The fraction of sp³-hybridized carbons (Fsp3) is 0.407. The van der Waals surface area contributed by atoms with Crippen molar-refractivity contribution in [1.82, 2.24) is 4.90 Å². The van der Waals surface area contributed by atoms with Gasteiger partial charge in [-0.15, -0.1) is 0 Å². The van der Waals surface area contributed by atoms with E-state index in [9.17, 15) is 19.1 Å². The second-order valence-corrected chi connectivity index (χ2v) is 9.15. The van der Waals surface area contributed by atoms with Crippen LogP contribution >= 0.6 is 0 Å². The number of likely N-dealkylation sites (tertiary alicyclic amines) is 1. The molecule has 0 aromatic heterocycles. The van der Waals surface area contributed by atoms with E-state index in [1.165, 1.54) is 12.1 Å². The van der Waals surface area contributed by atoms with Crippen LogP contribution in [0.1, 0.15) is 60.0 Å². The van der Waals surface area contributed by atoms with Crippen LogP contribution in [0.4, 0.5) is 4.39 Å². The molecule has 33 heavy (non-hydrogen) atoms. The molecule has 2 aromatic carbocycles. The number of hydrogen-bond acceptors (Lipinski definition) is 3. The number of carboxylic acids is 1. The van der Waals surface area contributed by atoms with Gasteiger partial charge in [0.15, 0.2) is 0 Å². The lowest BCUT2D eigenvalue weighted by Crippen LogP contribution is -2.37. The highest BCUT2D eigenvalue weighted by atomic mass is 19.1. The molecule has 2 aromatic rings. The average molecular weight is 452 g/mol. The summed E-state index contributed by atoms with van der Waals surface area (Å²) in [5.74, 6) is -1.17. The molecule has 2 fully saturated rings. The number of benzene rings is 2. The predicted octanol–water partition coefficient (Wildman–Crippen LogP) is 4.49. The summed E-state index contributed by atoms with van der Waals surface area (Å²) in [6.07, 6.45) is 8.39. The van der Waals surface area contributed by atoms with Gasteiger partial charge in [-0.3, -0.25) is 4.79 Å². The zero-order valence-electron chi connectivity index (χ0n) is 18.6. The molecule has 5 nitrogen and oxygen atoms in total. The van der Waals surface area contributed by atoms with Crippen molar-refractivity contribution in [2.75, 3.05) is 6.54 Å². The number of aliphatic hydroxyl groups excluding tert-OH is 1. The molecule has 0 bridgehead atoms. The van der Waals surface area contributed by atoms with Gasteiger partial charge in [-0.1, -0.05) is 49.3 Å². The Balaban J connectivity index is 1.44. The normalized spacial score (nSPS) is 21.1. The van der Waals surface area contributed by atoms with E-state index in [1.807, 2.05) is 17.0 Å². The van der Waals surface area contributed by atoms with Crippen LogP contribution in [-0.4, -0.2) is 45.7 Å². The zero-order chi connectivity index (χ0) is 23.4. The minimum atomic E-state index is -0.960. The standard InChI is InChI=1S/C27H30FNO4/c28-22-5-3-4-21(18-22)27(15-1-2-16-27)24(30)12-10-23-11-13-25(31)29(23)17-14-19-6-8-20(9-7-19)26(32)33/h3-10,12,18,23-24,30H,1-2,11,13-17H2,(H,32,33)/t23-,24?/m0/s1. The summed E-state index contributed by atoms with van der Waals surface area (Å²) in [5.41, 5.74) is 1.56. The molecular weight excluding hydrogens is 421 g/mol. The number of halogens is 1. The fourth-order valence-electron chi connectivity index (χ4n) is 5.29. The largest absolute Gasteiger partial charge is 0.478 e. The molecule has 4 rings (SSSR count). The van der Waals surface area contributed by atoms with Gasteiger partial charge in [0.1, 0.15) is 5.82 Å². The number of carbonyl (C=O) groups is 2. The number of nitrogens with zero attached hydrogens (tertiary/aromatic N) is 1. The highest BCUT2D eigenvalue weighted by Crippen LogP contribution is 2.44. The van der Waals surface area contributed by atoms with Crippen molar-refractivity contribution in [3.05, 3.63) is 83.2 Å². The molecule has 1 unspecified atom stereocenters. The van der Waals surface area contributed by atoms with Gasteiger partial charge in [0.05, 0.1) is 17.7 Å². The summed E-state index contributed by atoms with van der Waals surface area (Å²) in [6.45, 7) is 0.533. The van der Waals surface area contributed by atoms with Crippen molar-refractivity contribution >= 4 is 11.9 Å². The minimum absolute atomic E-state index is 0.0852. The first kappa shape index (κ1) is 23.2. The second-order valence-electron chi connectivity index (χ2n) is 9.15. The van der Waals surface area contributed by atoms with E-state index in [1.54, 1.807) is 36.4 Å². The lowest BCUT2D eigenvalue weighted by atomic mass is 9.74. The highest BCUT2D eigenvalue weighted by molar-refractivity contribution is 5.87. The Bertz CT molecular complexity index is 1030. The summed E-state index contributed by atoms with van der Waals surface area (Å²) >= 11 is 0. The second kappa shape index (κ2) is 9.87. The first-order chi connectivity index (χ1) is 15.9. The van der Waals surface area contributed by atoms with E-state index in [2.05, 4.69) is 0 Å². The quantitative estimate of drug-likeness (QED) is 0.580. The Hall–Kier alpha value is -2.99. The van der Waals surface area contributed by atoms with Crippen molar-refractivity contribution in [3.8, 4) is 0 Å². The maximum Gasteiger partial charge on any atom is 0.335 e. The van der Waals surface area contributed by atoms with Gasteiger partial charge >= 0.3 is 5.97 Å². The Labute approximate surface area is 193 Å². The highest BCUT2D eigenvalue weighted by Gasteiger charge is 2.41. The summed E-state index contributed by atoms with van der Waals surface area (Å²) < 4.78 is 13.9. The molecule has 0 radical (unpaired) electrons. The molecule has 1 aliphatic carbocycles. The first-order valence-corrected chi connectivity index (χ1v) is 11.6. The van der Waals surface area contributed by atoms with Crippen molar-refractivity contribution in [2.24, 2.45) is 0 Å². The predicted molar refractivity (Wildman–Crippen MR) is 124 cm³/mol. The molecule has 1 saturated heterocycles. The molecule has 1 heterocycles. The smallest absolute Gasteiger partial charge is 0.335 e. The lowest BCUT2D eigenvalue weighted by Gasteiger charge is -2.34. The van der Waals surface area contributed by atoms with Gasteiger partial charge in [-0.05, 0) is 61.1 Å². The third-order valence-electron chi connectivity index (χ3n) is 7.19. The molecule has 2 atom stereocenters. The summed E-state index contributed by atoms with van der Waals surface area (Å²) in [7, 11) is 0.